The van der Waals surface area contributed by atoms with E-state index in [0.717, 1.165) is 36.0 Å². The largest absolute Gasteiger partial charge is 0.508 e. The molecule has 0 spiro atoms. The third-order valence-corrected chi connectivity index (χ3v) is 3.70. The first-order valence-electron chi connectivity index (χ1n) is 8.10. The number of aliphatic imine (C=N–C) groups is 1. The standard InChI is InChI=1S/C17H25N5O/c1-3-5-6-9-19-13-20-22(18)12-14-11-21(4-2)17-8-7-15(23)10-16(14)17/h7-8,10-13H,3-6,9,18H2,1-2H3,(H-,19,20,23)/p+1. The summed E-state index contributed by atoms with van der Waals surface area (Å²) in [6, 6.07) is 5.36. The van der Waals surface area contributed by atoms with Crippen molar-refractivity contribution >= 4 is 23.5 Å². The second-order valence-electron chi connectivity index (χ2n) is 5.48. The van der Waals surface area contributed by atoms with Crippen LogP contribution >= 0.6 is 0 Å². The highest BCUT2D eigenvalue weighted by Gasteiger charge is 2.10. The molecule has 1 aromatic carbocycles. The average molecular weight is 316 g/mol. The predicted octanol–water partition coefficient (Wildman–Crippen LogP) is 2.40. The van der Waals surface area contributed by atoms with E-state index in [0.29, 0.717) is 0 Å². The van der Waals surface area contributed by atoms with Gasteiger partial charge in [0.15, 0.2) is 0 Å². The highest BCUT2D eigenvalue weighted by molar-refractivity contribution is 5.98. The van der Waals surface area contributed by atoms with Crippen LogP contribution in [0.1, 0.15) is 38.7 Å². The van der Waals surface area contributed by atoms with E-state index in [2.05, 4.69) is 28.8 Å². The molecule has 2 aromatic rings. The topological polar surface area (TPSA) is 78.6 Å². The Hall–Kier alpha value is -2.50. The Morgan fingerprint density at radius 1 is 1.35 bits per heavy atom. The van der Waals surface area contributed by atoms with Crippen LogP contribution in [-0.2, 0) is 6.54 Å². The first-order valence-corrected chi connectivity index (χ1v) is 8.10. The number of hydrazone groups is 2. The predicted molar refractivity (Wildman–Crippen MR) is 94.9 cm³/mol. The van der Waals surface area contributed by atoms with Crippen molar-refractivity contribution in [2.75, 3.05) is 6.54 Å². The second-order valence-corrected chi connectivity index (χ2v) is 5.48. The van der Waals surface area contributed by atoms with Crippen LogP contribution in [0.3, 0.4) is 0 Å². The summed E-state index contributed by atoms with van der Waals surface area (Å²) in [5.41, 5.74) is 4.91. The number of unbranched alkanes of at least 4 members (excludes halogenated alkanes) is 2. The molecule has 0 bridgehead atoms. The SMILES string of the molecule is CCCCCN=CN[N+](N)=Cc1cn(CC)c2ccc(O)cc12. The van der Waals surface area contributed by atoms with Crippen LogP contribution in [0.15, 0.2) is 29.4 Å². The van der Waals surface area contributed by atoms with E-state index in [1.807, 2.05) is 12.3 Å². The third kappa shape index (κ3) is 4.48. The van der Waals surface area contributed by atoms with Crippen LogP contribution in [0.2, 0.25) is 0 Å². The van der Waals surface area contributed by atoms with Gasteiger partial charge in [-0.15, -0.1) is 5.43 Å². The number of nitrogens with one attached hydrogen (secondary N) is 1. The number of hydrogen-bond acceptors (Lipinski definition) is 3. The minimum atomic E-state index is 0.245. The number of nitrogens with zero attached hydrogens (tertiary/aromatic N) is 3. The first-order chi connectivity index (χ1) is 11.2. The van der Waals surface area contributed by atoms with Gasteiger partial charge in [-0.25, -0.2) is 0 Å². The van der Waals surface area contributed by atoms with Gasteiger partial charge in [0.1, 0.15) is 12.1 Å². The average Bonchev–Trinajstić information content (AvgIpc) is 2.88. The fourth-order valence-electron chi connectivity index (χ4n) is 2.49. The van der Waals surface area contributed by atoms with Crippen LogP contribution < -0.4 is 11.3 Å². The lowest BCUT2D eigenvalue weighted by Crippen LogP contribution is -2.34. The zero-order chi connectivity index (χ0) is 16.7. The number of rotatable bonds is 8. The third-order valence-electron chi connectivity index (χ3n) is 3.70. The Labute approximate surface area is 136 Å². The number of benzene rings is 1. The monoisotopic (exact) mass is 316 g/mol. The number of aromatic nitrogens is 1. The van der Waals surface area contributed by atoms with Crippen molar-refractivity contribution in [2.45, 2.75) is 39.7 Å². The molecular weight excluding hydrogens is 290 g/mol. The van der Waals surface area contributed by atoms with Gasteiger partial charge in [0, 0.05) is 30.2 Å². The van der Waals surface area contributed by atoms with Gasteiger partial charge >= 0.3 is 0 Å². The van der Waals surface area contributed by atoms with Crippen molar-refractivity contribution in [3.8, 4) is 5.75 Å². The van der Waals surface area contributed by atoms with Gasteiger partial charge in [-0.2, -0.15) is 5.84 Å². The van der Waals surface area contributed by atoms with Gasteiger partial charge in [-0.05, 0) is 36.3 Å². The summed E-state index contributed by atoms with van der Waals surface area (Å²) in [7, 11) is 0. The molecule has 0 atom stereocenters. The van der Waals surface area contributed by atoms with E-state index >= 15 is 0 Å². The van der Waals surface area contributed by atoms with E-state index in [9.17, 15) is 5.11 Å². The van der Waals surface area contributed by atoms with Gasteiger partial charge in [-0.3, -0.25) is 4.99 Å². The second kappa shape index (κ2) is 8.22. The van der Waals surface area contributed by atoms with Crippen molar-refractivity contribution in [2.24, 2.45) is 10.8 Å². The minimum absolute atomic E-state index is 0.245. The number of aromatic hydroxyl groups is 1. The summed E-state index contributed by atoms with van der Waals surface area (Å²) in [6.45, 7) is 5.91. The van der Waals surface area contributed by atoms with Crippen LogP contribution in [0.5, 0.6) is 5.75 Å². The smallest absolute Gasteiger partial charge is 0.237 e. The Bertz CT molecular complexity index is 702. The van der Waals surface area contributed by atoms with Crippen molar-refractivity contribution in [1.29, 1.82) is 0 Å². The molecular formula is C17H26N5O+. The maximum absolute atomic E-state index is 9.71. The maximum atomic E-state index is 9.71. The minimum Gasteiger partial charge on any atom is -0.508 e. The number of hydrogen-bond donors (Lipinski definition) is 3. The molecule has 2 rings (SSSR count). The number of hydrazine groups is 2. The molecule has 4 N–H and O–H groups in total. The van der Waals surface area contributed by atoms with E-state index in [1.54, 1.807) is 24.7 Å². The molecule has 0 aliphatic heterocycles. The molecule has 0 saturated heterocycles. The Kier molecular flexibility index (Phi) is 6.02. The fraction of sp³-hybridized carbons (Fsp3) is 0.412. The summed E-state index contributed by atoms with van der Waals surface area (Å²) in [6.07, 6.45) is 8.88. The van der Waals surface area contributed by atoms with Crippen LogP contribution in [0.4, 0.5) is 0 Å². The molecule has 6 heteroatoms. The van der Waals surface area contributed by atoms with Crippen LogP contribution in [0.25, 0.3) is 10.9 Å². The molecule has 0 unspecified atom stereocenters. The maximum Gasteiger partial charge on any atom is 0.237 e. The highest BCUT2D eigenvalue weighted by atomic mass is 16.3. The molecule has 0 fully saturated rings. The molecule has 0 aliphatic rings. The van der Waals surface area contributed by atoms with Crippen molar-refractivity contribution < 1.29 is 9.90 Å². The van der Waals surface area contributed by atoms with E-state index in [1.165, 1.54) is 17.6 Å². The summed E-state index contributed by atoms with van der Waals surface area (Å²) in [4.78, 5) is 5.64. The fourth-order valence-corrected chi connectivity index (χ4v) is 2.49. The van der Waals surface area contributed by atoms with Crippen LogP contribution in [0, 0.1) is 0 Å². The summed E-state index contributed by atoms with van der Waals surface area (Å²) in [5, 5.41) is 10.7. The molecule has 1 aromatic heterocycles. The molecule has 1 heterocycles. The Balaban J connectivity index is 2.11. The van der Waals surface area contributed by atoms with E-state index in [-0.39, 0.29) is 5.75 Å². The van der Waals surface area contributed by atoms with Crippen molar-refractivity contribution in [3.63, 3.8) is 0 Å². The van der Waals surface area contributed by atoms with Crippen molar-refractivity contribution in [1.82, 2.24) is 9.99 Å². The van der Waals surface area contributed by atoms with Crippen LogP contribution in [-0.4, -0.2) is 33.6 Å². The molecule has 6 nitrogen and oxygen atoms in total. The lowest BCUT2D eigenvalue weighted by atomic mass is 10.2. The zero-order valence-corrected chi connectivity index (χ0v) is 13.9. The van der Waals surface area contributed by atoms with Gasteiger partial charge in [0.05, 0.1) is 5.56 Å². The quantitative estimate of drug-likeness (QED) is 0.175. The van der Waals surface area contributed by atoms with Gasteiger partial charge in [0.2, 0.25) is 6.21 Å². The lowest BCUT2D eigenvalue weighted by molar-refractivity contribution is -0.576. The number of aryl methyl sites for hydroxylation is 1. The van der Waals surface area contributed by atoms with Gasteiger partial charge in [-0.1, -0.05) is 19.8 Å². The summed E-state index contributed by atoms with van der Waals surface area (Å²) in [5.74, 6) is 6.18. The number of fused-ring (bicyclic) bond motifs is 1. The molecule has 0 aliphatic carbocycles. The summed E-state index contributed by atoms with van der Waals surface area (Å²) >= 11 is 0. The Morgan fingerprint density at radius 2 is 2.17 bits per heavy atom. The first kappa shape index (κ1) is 16.9. The highest BCUT2D eigenvalue weighted by Crippen LogP contribution is 2.24. The van der Waals surface area contributed by atoms with Gasteiger partial charge in [0.25, 0.3) is 0 Å². The zero-order valence-electron chi connectivity index (χ0n) is 13.9. The number of nitrogens with two attached hydrogens (primary N) is 1. The van der Waals surface area contributed by atoms with E-state index in [4.69, 9.17) is 5.84 Å². The van der Waals surface area contributed by atoms with E-state index < -0.39 is 0 Å². The van der Waals surface area contributed by atoms with Gasteiger partial charge < -0.3 is 9.67 Å². The molecule has 0 saturated carbocycles. The molecule has 0 radical (unpaired) electrons. The molecule has 23 heavy (non-hydrogen) atoms. The Morgan fingerprint density at radius 3 is 2.91 bits per heavy atom. The summed E-state index contributed by atoms with van der Waals surface area (Å²) < 4.78 is 2.12. The molecule has 124 valence electrons. The van der Waals surface area contributed by atoms with Crippen molar-refractivity contribution in [3.05, 3.63) is 30.0 Å². The normalized spacial score (nSPS) is 12.3. The number of phenols is 1. The number of phenolic OH excluding ortho intramolecular Hbond substituents is 1. The molecule has 0 amide bonds. The lowest BCUT2D eigenvalue weighted by Gasteiger charge is -1.99.